The molecule has 0 fully saturated rings. The predicted molar refractivity (Wildman–Crippen MR) is 76.2 cm³/mol. The SMILES string of the molecule is Cc1cnc(Cl)c(NCc2cc(C#N)n(C)c2C)c1. The minimum absolute atomic E-state index is 0.458. The summed E-state index contributed by atoms with van der Waals surface area (Å²) in [5, 5.41) is 12.7. The molecular weight excluding hydrogens is 260 g/mol. The van der Waals surface area contributed by atoms with E-state index in [9.17, 15) is 0 Å². The highest BCUT2D eigenvalue weighted by Gasteiger charge is 2.09. The maximum Gasteiger partial charge on any atom is 0.152 e. The van der Waals surface area contributed by atoms with Crippen molar-refractivity contribution in [2.45, 2.75) is 20.4 Å². The highest BCUT2D eigenvalue weighted by Crippen LogP contribution is 2.22. The van der Waals surface area contributed by atoms with E-state index in [1.165, 1.54) is 0 Å². The minimum atomic E-state index is 0.458. The highest BCUT2D eigenvalue weighted by atomic mass is 35.5. The van der Waals surface area contributed by atoms with Crippen molar-refractivity contribution in [1.82, 2.24) is 9.55 Å². The van der Waals surface area contributed by atoms with Gasteiger partial charge in [0.25, 0.3) is 0 Å². The fourth-order valence-electron chi connectivity index (χ4n) is 1.92. The summed E-state index contributed by atoms with van der Waals surface area (Å²) in [4.78, 5) is 4.10. The zero-order valence-electron chi connectivity index (χ0n) is 11.2. The summed E-state index contributed by atoms with van der Waals surface area (Å²) < 4.78 is 1.88. The second-order valence-electron chi connectivity index (χ2n) is 4.52. The molecule has 2 aromatic rings. The molecule has 0 amide bonds. The number of nitrogens with one attached hydrogen (secondary N) is 1. The number of pyridine rings is 1. The molecule has 0 saturated carbocycles. The lowest BCUT2D eigenvalue weighted by Gasteiger charge is -2.08. The van der Waals surface area contributed by atoms with Crippen LogP contribution in [0, 0.1) is 25.2 Å². The molecule has 0 aliphatic heterocycles. The predicted octanol–water partition coefficient (Wildman–Crippen LogP) is 3.17. The van der Waals surface area contributed by atoms with Gasteiger partial charge in [-0.3, -0.25) is 0 Å². The first-order valence-electron chi connectivity index (χ1n) is 5.94. The van der Waals surface area contributed by atoms with Crippen molar-refractivity contribution in [2.75, 3.05) is 5.32 Å². The number of aromatic nitrogens is 2. The molecule has 5 heteroatoms. The molecule has 4 nitrogen and oxygen atoms in total. The second-order valence-corrected chi connectivity index (χ2v) is 4.87. The summed E-state index contributed by atoms with van der Waals surface area (Å²) in [6.45, 7) is 4.58. The van der Waals surface area contributed by atoms with Gasteiger partial charge in [-0.2, -0.15) is 5.26 Å². The third-order valence-electron chi connectivity index (χ3n) is 3.20. The second kappa shape index (κ2) is 5.33. The Bertz CT molecular complexity index is 652. The summed E-state index contributed by atoms with van der Waals surface area (Å²) in [7, 11) is 1.89. The van der Waals surface area contributed by atoms with E-state index in [0.29, 0.717) is 17.4 Å². The van der Waals surface area contributed by atoms with Crippen LogP contribution in [0.4, 0.5) is 5.69 Å². The van der Waals surface area contributed by atoms with Gasteiger partial charge >= 0.3 is 0 Å². The monoisotopic (exact) mass is 274 g/mol. The number of rotatable bonds is 3. The standard InChI is InChI=1S/C14H15ClN4/c1-9-4-13(14(15)18-7-9)17-8-11-5-12(6-16)19(3)10(11)2/h4-5,7,17H,8H2,1-3H3. The van der Waals surface area contributed by atoms with Crippen LogP contribution in [-0.4, -0.2) is 9.55 Å². The summed E-state index contributed by atoms with van der Waals surface area (Å²) in [6, 6.07) is 6.02. The molecule has 0 aromatic carbocycles. The summed E-state index contributed by atoms with van der Waals surface area (Å²) in [5.74, 6) is 0. The fourth-order valence-corrected chi connectivity index (χ4v) is 2.09. The van der Waals surface area contributed by atoms with Crippen LogP contribution in [0.2, 0.25) is 5.15 Å². The smallest absolute Gasteiger partial charge is 0.152 e. The zero-order valence-corrected chi connectivity index (χ0v) is 11.9. The van der Waals surface area contributed by atoms with Crippen molar-refractivity contribution < 1.29 is 0 Å². The van der Waals surface area contributed by atoms with Crippen molar-refractivity contribution in [1.29, 1.82) is 5.26 Å². The molecule has 0 radical (unpaired) electrons. The molecule has 1 N–H and O–H groups in total. The van der Waals surface area contributed by atoms with Gasteiger partial charge in [0.2, 0.25) is 0 Å². The van der Waals surface area contributed by atoms with Crippen LogP contribution in [0.3, 0.4) is 0 Å². The molecule has 0 aliphatic carbocycles. The maximum atomic E-state index is 9.00. The lowest BCUT2D eigenvalue weighted by molar-refractivity contribution is 0.856. The van der Waals surface area contributed by atoms with E-state index in [-0.39, 0.29) is 0 Å². The molecule has 2 aromatic heterocycles. The van der Waals surface area contributed by atoms with Crippen LogP contribution < -0.4 is 5.32 Å². The van der Waals surface area contributed by atoms with E-state index >= 15 is 0 Å². The van der Waals surface area contributed by atoms with Crippen molar-refractivity contribution in [3.05, 3.63) is 46.0 Å². The Hall–Kier alpha value is -1.99. The first-order chi connectivity index (χ1) is 9.02. The van der Waals surface area contributed by atoms with Crippen molar-refractivity contribution in [3.63, 3.8) is 0 Å². The molecular formula is C14H15ClN4. The van der Waals surface area contributed by atoms with Gasteiger partial charge in [-0.25, -0.2) is 4.98 Å². The Kier molecular flexibility index (Phi) is 3.77. The number of nitriles is 1. The summed E-state index contributed by atoms with van der Waals surface area (Å²) >= 11 is 6.03. The molecule has 0 spiro atoms. The number of hydrogen-bond acceptors (Lipinski definition) is 3. The molecule has 2 heterocycles. The molecule has 0 unspecified atom stereocenters. The average Bonchev–Trinajstić information content (AvgIpc) is 2.67. The van der Waals surface area contributed by atoms with Crippen molar-refractivity contribution in [3.8, 4) is 6.07 Å². The average molecular weight is 275 g/mol. The van der Waals surface area contributed by atoms with E-state index < -0.39 is 0 Å². The van der Waals surface area contributed by atoms with Gasteiger partial charge in [0.1, 0.15) is 11.8 Å². The Morgan fingerprint density at radius 1 is 1.42 bits per heavy atom. The number of anilines is 1. The highest BCUT2D eigenvalue weighted by molar-refractivity contribution is 6.31. The van der Waals surface area contributed by atoms with Gasteiger partial charge in [0.15, 0.2) is 5.15 Å². The molecule has 0 aliphatic rings. The van der Waals surface area contributed by atoms with E-state index in [1.54, 1.807) is 6.20 Å². The number of halogens is 1. The van der Waals surface area contributed by atoms with Gasteiger partial charge in [-0.05, 0) is 37.1 Å². The normalized spacial score (nSPS) is 10.3. The molecule has 0 atom stereocenters. The summed E-state index contributed by atoms with van der Waals surface area (Å²) in [5.41, 5.74) is 4.66. The van der Waals surface area contributed by atoms with Gasteiger partial charge in [0, 0.05) is 25.5 Å². The lowest BCUT2D eigenvalue weighted by Crippen LogP contribution is -2.02. The third kappa shape index (κ3) is 2.72. The fraction of sp³-hybridized carbons (Fsp3) is 0.286. The number of aryl methyl sites for hydroxylation is 1. The van der Waals surface area contributed by atoms with E-state index in [2.05, 4.69) is 16.4 Å². The number of nitrogens with zero attached hydrogens (tertiary/aromatic N) is 3. The van der Waals surface area contributed by atoms with Crippen molar-refractivity contribution in [2.24, 2.45) is 7.05 Å². The molecule has 98 valence electrons. The zero-order chi connectivity index (χ0) is 14.0. The Morgan fingerprint density at radius 2 is 2.16 bits per heavy atom. The van der Waals surface area contributed by atoms with E-state index in [1.807, 2.05) is 37.6 Å². The Labute approximate surface area is 117 Å². The molecule has 0 bridgehead atoms. The van der Waals surface area contributed by atoms with Crippen LogP contribution >= 0.6 is 11.6 Å². The van der Waals surface area contributed by atoms with Gasteiger partial charge in [-0.15, -0.1) is 0 Å². The van der Waals surface area contributed by atoms with Crippen LogP contribution in [0.1, 0.15) is 22.5 Å². The van der Waals surface area contributed by atoms with Crippen LogP contribution in [-0.2, 0) is 13.6 Å². The molecule has 19 heavy (non-hydrogen) atoms. The Morgan fingerprint density at radius 3 is 2.79 bits per heavy atom. The minimum Gasteiger partial charge on any atom is -0.378 e. The summed E-state index contributed by atoms with van der Waals surface area (Å²) in [6.07, 6.45) is 1.73. The van der Waals surface area contributed by atoms with E-state index in [4.69, 9.17) is 16.9 Å². The van der Waals surface area contributed by atoms with Crippen LogP contribution in [0.15, 0.2) is 18.3 Å². The molecule has 2 rings (SSSR count). The van der Waals surface area contributed by atoms with Crippen molar-refractivity contribution >= 4 is 17.3 Å². The van der Waals surface area contributed by atoms with Crippen LogP contribution in [0.5, 0.6) is 0 Å². The first-order valence-corrected chi connectivity index (χ1v) is 6.32. The van der Waals surface area contributed by atoms with Gasteiger partial charge in [-0.1, -0.05) is 11.6 Å². The van der Waals surface area contributed by atoms with Gasteiger partial charge in [0.05, 0.1) is 5.69 Å². The number of hydrogen-bond donors (Lipinski definition) is 1. The topological polar surface area (TPSA) is 53.6 Å². The van der Waals surface area contributed by atoms with Gasteiger partial charge < -0.3 is 9.88 Å². The van der Waals surface area contributed by atoms with Crippen LogP contribution in [0.25, 0.3) is 0 Å². The van der Waals surface area contributed by atoms with E-state index in [0.717, 1.165) is 22.5 Å². The quantitative estimate of drug-likeness (QED) is 0.875. The largest absolute Gasteiger partial charge is 0.378 e. The first kappa shape index (κ1) is 13.4. The third-order valence-corrected chi connectivity index (χ3v) is 3.50. The Balaban J connectivity index is 2.19. The molecule has 0 saturated heterocycles. The lowest BCUT2D eigenvalue weighted by atomic mass is 10.2. The maximum absolute atomic E-state index is 9.00.